The van der Waals surface area contributed by atoms with E-state index >= 15 is 0 Å². The Hall–Kier alpha value is -3.43. The highest BCUT2D eigenvalue weighted by molar-refractivity contribution is 6.31. The summed E-state index contributed by atoms with van der Waals surface area (Å²) in [5, 5.41) is 6.30. The van der Waals surface area contributed by atoms with Crippen molar-refractivity contribution in [2.45, 2.75) is 24.5 Å². The number of fused-ring (bicyclic) bond motifs is 4. The van der Waals surface area contributed by atoms with Crippen LogP contribution in [0.15, 0.2) is 42.5 Å². The van der Waals surface area contributed by atoms with Crippen LogP contribution in [0.25, 0.3) is 0 Å². The van der Waals surface area contributed by atoms with Gasteiger partial charge in [-0.05, 0) is 35.9 Å². The smallest absolute Gasteiger partial charge is 0.250 e. The highest BCUT2D eigenvalue weighted by Crippen LogP contribution is 2.53. The third-order valence-corrected chi connectivity index (χ3v) is 6.92. The first kappa shape index (κ1) is 21.4. The van der Waals surface area contributed by atoms with Crippen LogP contribution in [-0.4, -0.2) is 41.7 Å². The van der Waals surface area contributed by atoms with Crippen molar-refractivity contribution in [3.05, 3.63) is 58.6 Å². The molecule has 170 valence electrons. The minimum atomic E-state index is -1.52. The van der Waals surface area contributed by atoms with Gasteiger partial charge in [-0.1, -0.05) is 23.7 Å². The number of likely N-dealkylation sites (tertiary alicyclic amines) is 1. The Balaban J connectivity index is 1.57. The summed E-state index contributed by atoms with van der Waals surface area (Å²) in [5.74, 6) is -3.33. The Morgan fingerprint density at radius 1 is 1.15 bits per heavy atom. The lowest BCUT2D eigenvalue weighted by Crippen LogP contribution is -2.53. The molecule has 0 unspecified atom stereocenters. The molecule has 9 nitrogen and oxygen atoms in total. The summed E-state index contributed by atoms with van der Waals surface area (Å²) in [7, 11) is 1.55. The number of hydrogen-bond acceptors (Lipinski definition) is 6. The van der Waals surface area contributed by atoms with E-state index in [1.54, 1.807) is 49.6 Å². The first-order chi connectivity index (χ1) is 15.8. The number of benzene rings is 2. The predicted molar refractivity (Wildman–Crippen MR) is 118 cm³/mol. The van der Waals surface area contributed by atoms with Gasteiger partial charge in [0, 0.05) is 28.7 Å². The molecular weight excluding hydrogens is 448 g/mol. The van der Waals surface area contributed by atoms with E-state index in [4.69, 9.17) is 22.1 Å². The molecule has 3 aliphatic heterocycles. The molecule has 0 aromatic heterocycles. The van der Waals surface area contributed by atoms with Crippen molar-refractivity contribution in [2.24, 2.45) is 17.6 Å². The van der Waals surface area contributed by atoms with Gasteiger partial charge in [-0.3, -0.25) is 29.4 Å². The van der Waals surface area contributed by atoms with E-state index in [0.29, 0.717) is 22.0 Å². The van der Waals surface area contributed by atoms with E-state index < -0.39 is 47.0 Å². The summed E-state index contributed by atoms with van der Waals surface area (Å²) >= 11 is 6.21. The molecule has 2 saturated heterocycles. The molecule has 2 aromatic carbocycles. The normalized spacial score (nSPS) is 27.6. The van der Waals surface area contributed by atoms with Crippen LogP contribution in [0.4, 0.5) is 5.69 Å². The van der Waals surface area contributed by atoms with Gasteiger partial charge in [0.05, 0.1) is 25.5 Å². The second kappa shape index (κ2) is 7.57. The lowest BCUT2D eigenvalue weighted by molar-refractivity contribution is -0.143. The van der Waals surface area contributed by atoms with Crippen molar-refractivity contribution in [1.29, 1.82) is 0 Å². The second-order valence-corrected chi connectivity index (χ2v) is 8.92. The van der Waals surface area contributed by atoms with Crippen molar-refractivity contribution >= 4 is 40.9 Å². The van der Waals surface area contributed by atoms with Crippen molar-refractivity contribution in [3.63, 3.8) is 0 Å². The highest BCUT2D eigenvalue weighted by atomic mass is 35.5. The number of ether oxygens (including phenoxy) is 1. The van der Waals surface area contributed by atoms with Crippen LogP contribution < -0.4 is 21.1 Å². The molecule has 4 N–H and O–H groups in total. The molecule has 2 aromatic rings. The van der Waals surface area contributed by atoms with Gasteiger partial charge >= 0.3 is 0 Å². The van der Waals surface area contributed by atoms with Gasteiger partial charge in [0.25, 0.3) is 0 Å². The number of rotatable bonds is 5. The Morgan fingerprint density at radius 2 is 1.88 bits per heavy atom. The molecule has 0 aliphatic carbocycles. The van der Waals surface area contributed by atoms with Crippen molar-refractivity contribution in [3.8, 4) is 5.75 Å². The highest BCUT2D eigenvalue weighted by Gasteiger charge is 2.70. The number of methoxy groups -OCH3 is 1. The van der Waals surface area contributed by atoms with E-state index in [9.17, 15) is 19.2 Å². The topological polar surface area (TPSA) is 131 Å². The molecule has 4 atom stereocenters. The molecule has 3 aliphatic rings. The van der Waals surface area contributed by atoms with Crippen LogP contribution in [0.5, 0.6) is 5.75 Å². The van der Waals surface area contributed by atoms with Crippen LogP contribution in [-0.2, 0) is 31.3 Å². The Bertz CT molecular complexity index is 1200. The number of imide groups is 1. The number of primary amides is 1. The average molecular weight is 469 g/mol. The maximum Gasteiger partial charge on any atom is 0.250 e. The summed E-state index contributed by atoms with van der Waals surface area (Å²) in [4.78, 5) is 53.4. The third kappa shape index (κ3) is 3.11. The number of hydrogen-bond donors (Lipinski definition) is 3. The summed E-state index contributed by atoms with van der Waals surface area (Å²) in [6.45, 7) is 0.0397. The van der Waals surface area contributed by atoms with E-state index in [2.05, 4.69) is 10.6 Å². The largest absolute Gasteiger partial charge is 0.497 e. The van der Waals surface area contributed by atoms with Crippen molar-refractivity contribution < 1.29 is 23.9 Å². The Labute approximate surface area is 194 Å². The maximum absolute atomic E-state index is 13.7. The predicted octanol–water partition coefficient (Wildman–Crippen LogP) is 1.14. The van der Waals surface area contributed by atoms with Crippen LogP contribution in [0.2, 0.25) is 5.02 Å². The molecule has 0 bridgehead atoms. The molecular formula is C23H21ClN4O5. The van der Waals surface area contributed by atoms with E-state index in [-0.39, 0.29) is 13.0 Å². The first-order valence-electron chi connectivity index (χ1n) is 10.4. The monoisotopic (exact) mass is 468 g/mol. The standard InChI is InChI=1S/C23H21ClN4O5/c1-33-13-5-2-11(3-6-13)10-28-20(30)18-16(9-17(25)29)27-23(19(18)21(28)31)14-8-12(24)4-7-15(14)26-22(23)32/h2-8,16,18-19,27H,9-10H2,1H3,(H2,25,29)(H,26,32)/t16-,18-,19+,23+/m1/s1. The Morgan fingerprint density at radius 3 is 2.55 bits per heavy atom. The van der Waals surface area contributed by atoms with E-state index in [1.807, 2.05) is 0 Å². The number of carbonyl (C=O) groups excluding carboxylic acids is 4. The zero-order chi connectivity index (χ0) is 23.5. The molecule has 33 heavy (non-hydrogen) atoms. The number of carbonyl (C=O) groups is 4. The van der Waals surface area contributed by atoms with Gasteiger partial charge in [0.1, 0.15) is 11.3 Å². The van der Waals surface area contributed by atoms with Crippen LogP contribution in [0, 0.1) is 11.8 Å². The summed E-state index contributed by atoms with van der Waals surface area (Å²) in [6, 6.07) is 11.1. The number of nitrogens with one attached hydrogen (secondary N) is 2. The van der Waals surface area contributed by atoms with Gasteiger partial charge in [-0.2, -0.15) is 0 Å². The molecule has 10 heteroatoms. The lowest BCUT2D eigenvalue weighted by Gasteiger charge is -2.29. The fraction of sp³-hybridized carbons (Fsp3) is 0.304. The van der Waals surface area contributed by atoms with Gasteiger partial charge < -0.3 is 15.8 Å². The van der Waals surface area contributed by atoms with E-state index in [0.717, 1.165) is 10.5 Å². The molecule has 1 spiro atoms. The van der Waals surface area contributed by atoms with Gasteiger partial charge in [-0.25, -0.2) is 0 Å². The van der Waals surface area contributed by atoms with Crippen LogP contribution >= 0.6 is 11.6 Å². The number of nitrogens with zero attached hydrogens (tertiary/aromatic N) is 1. The number of amides is 4. The van der Waals surface area contributed by atoms with Gasteiger partial charge in [0.15, 0.2) is 0 Å². The number of nitrogens with two attached hydrogens (primary N) is 1. The zero-order valence-electron chi connectivity index (χ0n) is 17.6. The SMILES string of the molecule is COc1ccc(CN2C(=O)[C@H]3[C@@H](C2=O)[C@]2(N[C@@H]3CC(N)=O)C(=O)Nc3ccc(Cl)cc32)cc1. The molecule has 0 radical (unpaired) electrons. The molecule has 2 fully saturated rings. The summed E-state index contributed by atoms with van der Waals surface area (Å²) in [6.07, 6.45) is -0.193. The van der Waals surface area contributed by atoms with Crippen molar-refractivity contribution in [2.75, 3.05) is 12.4 Å². The van der Waals surface area contributed by atoms with Crippen molar-refractivity contribution in [1.82, 2.24) is 10.2 Å². The fourth-order valence-electron chi connectivity index (χ4n) is 5.29. The molecule has 4 amide bonds. The first-order valence-corrected chi connectivity index (χ1v) is 10.8. The van der Waals surface area contributed by atoms with Gasteiger partial charge in [0.2, 0.25) is 23.6 Å². The average Bonchev–Trinajstić information content (AvgIpc) is 3.34. The molecule has 3 heterocycles. The fourth-order valence-corrected chi connectivity index (χ4v) is 5.47. The lowest BCUT2D eigenvalue weighted by atomic mass is 9.76. The summed E-state index contributed by atoms with van der Waals surface area (Å²) < 4.78 is 5.16. The quantitative estimate of drug-likeness (QED) is 0.564. The second-order valence-electron chi connectivity index (χ2n) is 8.49. The Kier molecular flexibility index (Phi) is 4.91. The maximum atomic E-state index is 13.7. The minimum Gasteiger partial charge on any atom is -0.497 e. The summed E-state index contributed by atoms with van der Waals surface area (Å²) in [5.41, 5.74) is 5.63. The number of anilines is 1. The van der Waals surface area contributed by atoms with E-state index in [1.165, 1.54) is 0 Å². The molecule has 5 rings (SSSR count). The third-order valence-electron chi connectivity index (χ3n) is 6.69. The molecule has 0 saturated carbocycles. The zero-order valence-corrected chi connectivity index (χ0v) is 18.4. The van der Waals surface area contributed by atoms with Gasteiger partial charge in [-0.15, -0.1) is 0 Å². The number of halogens is 1. The van der Waals surface area contributed by atoms with Crippen LogP contribution in [0.3, 0.4) is 0 Å². The van der Waals surface area contributed by atoms with Crippen LogP contribution in [0.1, 0.15) is 17.5 Å². The minimum absolute atomic E-state index is 0.0397.